The third kappa shape index (κ3) is 4.03. The van der Waals surface area contributed by atoms with Crippen LogP contribution in [0.2, 0.25) is 0 Å². The molecule has 0 aliphatic heterocycles. The van der Waals surface area contributed by atoms with Gasteiger partial charge in [-0.05, 0) is 43.2 Å². The number of methoxy groups -OCH3 is 1. The van der Waals surface area contributed by atoms with Crippen molar-refractivity contribution in [2.45, 2.75) is 38.0 Å². The van der Waals surface area contributed by atoms with Gasteiger partial charge in [0.05, 0.1) is 23.7 Å². The first-order valence-corrected chi connectivity index (χ1v) is 10.4. The molecule has 6 heteroatoms. The lowest BCUT2D eigenvalue weighted by atomic mass is 9.89. The topological polar surface area (TPSA) is 85.9 Å². The normalized spacial score (nSPS) is 14.5. The number of aromatic amines is 1. The maximum Gasteiger partial charge on any atom is 0.265 e. The predicted molar refractivity (Wildman–Crippen MR) is 120 cm³/mol. The zero-order valence-electron chi connectivity index (χ0n) is 17.5. The number of para-hydroxylation sites is 2. The third-order valence-corrected chi connectivity index (χ3v) is 5.90. The van der Waals surface area contributed by atoms with E-state index >= 15 is 0 Å². The number of carbonyl (C=O) groups is 1. The standard InChI is InChI=1S/C13H16N2.C11H12N2O2/c1-2-6-10(7-3-1)13-14-11-8-4-5-9-12(11)15-13;1-13-9-6-8(15-2)4-3-7(9)5-10(13)11(12)14/h4-5,8-10H,1-3,6-7H2,(H,14,15);3-6H,1-2H3,(H2,12,14). The summed E-state index contributed by atoms with van der Waals surface area (Å²) >= 11 is 0. The molecule has 1 fully saturated rings. The third-order valence-electron chi connectivity index (χ3n) is 5.90. The molecule has 1 saturated carbocycles. The fraction of sp³-hybridized carbons (Fsp3) is 0.333. The summed E-state index contributed by atoms with van der Waals surface area (Å²) in [6.07, 6.45) is 6.74. The van der Waals surface area contributed by atoms with Crippen LogP contribution in [-0.4, -0.2) is 27.6 Å². The molecule has 0 radical (unpaired) electrons. The van der Waals surface area contributed by atoms with Gasteiger partial charge in [-0.1, -0.05) is 31.4 Å². The first-order chi connectivity index (χ1) is 14.6. The van der Waals surface area contributed by atoms with Gasteiger partial charge in [-0.2, -0.15) is 0 Å². The summed E-state index contributed by atoms with van der Waals surface area (Å²) in [5.74, 6) is 2.22. The van der Waals surface area contributed by atoms with Crippen LogP contribution in [0, 0.1) is 0 Å². The second-order valence-corrected chi connectivity index (χ2v) is 7.85. The van der Waals surface area contributed by atoms with Crippen molar-refractivity contribution in [3.63, 3.8) is 0 Å². The molecule has 3 N–H and O–H groups in total. The molecule has 0 spiro atoms. The van der Waals surface area contributed by atoms with Gasteiger partial charge in [0, 0.05) is 24.4 Å². The highest BCUT2D eigenvalue weighted by Crippen LogP contribution is 2.31. The highest BCUT2D eigenvalue weighted by molar-refractivity contribution is 5.98. The maximum atomic E-state index is 11.1. The first-order valence-electron chi connectivity index (χ1n) is 10.4. The number of aryl methyl sites for hydroxylation is 1. The van der Waals surface area contributed by atoms with Gasteiger partial charge in [-0.3, -0.25) is 4.79 Å². The fourth-order valence-corrected chi connectivity index (χ4v) is 4.22. The van der Waals surface area contributed by atoms with Gasteiger partial charge >= 0.3 is 0 Å². The van der Waals surface area contributed by atoms with Crippen molar-refractivity contribution in [1.82, 2.24) is 14.5 Å². The average Bonchev–Trinajstić information content (AvgIpc) is 3.36. The Hall–Kier alpha value is -3.28. The lowest BCUT2D eigenvalue weighted by Crippen LogP contribution is -2.14. The number of amides is 1. The van der Waals surface area contributed by atoms with Crippen LogP contribution >= 0.6 is 0 Å². The molecule has 0 saturated heterocycles. The van der Waals surface area contributed by atoms with E-state index in [9.17, 15) is 4.79 Å². The van der Waals surface area contributed by atoms with E-state index in [1.165, 1.54) is 43.4 Å². The molecule has 30 heavy (non-hydrogen) atoms. The van der Waals surface area contributed by atoms with E-state index < -0.39 is 5.91 Å². The Morgan fingerprint density at radius 2 is 1.90 bits per heavy atom. The summed E-state index contributed by atoms with van der Waals surface area (Å²) < 4.78 is 6.88. The number of fused-ring (bicyclic) bond motifs is 2. The van der Waals surface area contributed by atoms with Crippen LogP contribution in [0.15, 0.2) is 48.5 Å². The van der Waals surface area contributed by atoms with Crippen LogP contribution in [-0.2, 0) is 7.05 Å². The number of aromatic nitrogens is 3. The Morgan fingerprint density at radius 3 is 2.60 bits per heavy atom. The second-order valence-electron chi connectivity index (χ2n) is 7.85. The minimum atomic E-state index is -0.423. The van der Waals surface area contributed by atoms with Crippen molar-refractivity contribution < 1.29 is 9.53 Å². The average molecular weight is 405 g/mol. The largest absolute Gasteiger partial charge is 0.497 e. The van der Waals surface area contributed by atoms with Crippen molar-refractivity contribution in [1.29, 1.82) is 0 Å². The molecular weight excluding hydrogens is 376 g/mol. The molecule has 0 unspecified atom stereocenters. The van der Waals surface area contributed by atoms with Crippen LogP contribution in [0.25, 0.3) is 21.9 Å². The van der Waals surface area contributed by atoms with Gasteiger partial charge in [0.1, 0.15) is 17.3 Å². The van der Waals surface area contributed by atoms with Crippen molar-refractivity contribution >= 4 is 27.8 Å². The van der Waals surface area contributed by atoms with Gasteiger partial charge in [0.25, 0.3) is 5.91 Å². The van der Waals surface area contributed by atoms with E-state index in [0.29, 0.717) is 11.6 Å². The summed E-state index contributed by atoms with van der Waals surface area (Å²) in [5, 5.41) is 0.979. The minimum Gasteiger partial charge on any atom is -0.497 e. The summed E-state index contributed by atoms with van der Waals surface area (Å²) in [4.78, 5) is 19.3. The Balaban J connectivity index is 0.000000145. The van der Waals surface area contributed by atoms with E-state index in [1.807, 2.05) is 31.3 Å². The summed E-state index contributed by atoms with van der Waals surface area (Å²) in [6, 6.07) is 15.7. The van der Waals surface area contributed by atoms with Crippen LogP contribution in [0.3, 0.4) is 0 Å². The number of imidazole rings is 1. The van der Waals surface area contributed by atoms with Gasteiger partial charge in [0.2, 0.25) is 0 Å². The van der Waals surface area contributed by atoms with Crippen LogP contribution in [0.5, 0.6) is 5.75 Å². The second kappa shape index (κ2) is 8.61. The van der Waals surface area contributed by atoms with E-state index in [4.69, 9.17) is 10.5 Å². The quantitative estimate of drug-likeness (QED) is 0.509. The summed E-state index contributed by atoms with van der Waals surface area (Å²) in [7, 11) is 3.42. The number of nitrogens with zero attached hydrogens (tertiary/aromatic N) is 2. The van der Waals surface area contributed by atoms with E-state index in [-0.39, 0.29) is 0 Å². The van der Waals surface area contributed by atoms with Crippen LogP contribution in [0.1, 0.15) is 54.3 Å². The van der Waals surface area contributed by atoms with Gasteiger partial charge < -0.3 is 20.0 Å². The zero-order valence-corrected chi connectivity index (χ0v) is 17.5. The lowest BCUT2D eigenvalue weighted by molar-refractivity contribution is 0.0993. The van der Waals surface area contributed by atoms with Crippen molar-refractivity contribution in [3.8, 4) is 5.75 Å². The predicted octanol–water partition coefficient (Wildman–Crippen LogP) is 4.90. The minimum absolute atomic E-state index is 0.423. The number of rotatable bonds is 3. The molecule has 1 aliphatic carbocycles. The molecule has 2 heterocycles. The SMILES string of the molecule is COc1ccc2cc(C(N)=O)n(C)c2c1.c1ccc2[nH]c(C3CCCCC3)nc2c1. The number of primary amides is 1. The van der Waals surface area contributed by atoms with E-state index in [1.54, 1.807) is 17.7 Å². The number of hydrogen-bond acceptors (Lipinski definition) is 3. The Kier molecular flexibility index (Phi) is 5.74. The molecule has 1 amide bonds. The number of hydrogen-bond donors (Lipinski definition) is 2. The number of carbonyl (C=O) groups excluding carboxylic acids is 1. The molecule has 2 aromatic carbocycles. The number of ether oxygens (including phenoxy) is 1. The molecule has 4 aromatic rings. The maximum absolute atomic E-state index is 11.1. The van der Waals surface area contributed by atoms with Gasteiger partial charge in [-0.25, -0.2) is 4.98 Å². The van der Waals surface area contributed by atoms with Crippen molar-refractivity contribution in [2.75, 3.05) is 7.11 Å². The molecule has 0 bridgehead atoms. The molecule has 5 rings (SSSR count). The van der Waals surface area contributed by atoms with Crippen LogP contribution in [0.4, 0.5) is 0 Å². The number of benzene rings is 2. The Labute approximate surface area is 176 Å². The highest BCUT2D eigenvalue weighted by atomic mass is 16.5. The molecule has 156 valence electrons. The number of nitrogens with two attached hydrogens (primary N) is 1. The summed E-state index contributed by atoms with van der Waals surface area (Å²) in [5.41, 5.74) is 8.98. The summed E-state index contributed by atoms with van der Waals surface area (Å²) in [6.45, 7) is 0. The lowest BCUT2D eigenvalue weighted by Gasteiger charge is -2.18. The molecular formula is C24H28N4O2. The number of H-pyrrole nitrogens is 1. The van der Waals surface area contributed by atoms with Crippen LogP contribution < -0.4 is 10.5 Å². The molecule has 1 aliphatic rings. The first kappa shape index (κ1) is 20.0. The van der Waals surface area contributed by atoms with Gasteiger partial charge in [-0.15, -0.1) is 0 Å². The zero-order chi connectivity index (χ0) is 21.1. The fourth-order valence-electron chi connectivity index (χ4n) is 4.22. The highest BCUT2D eigenvalue weighted by Gasteiger charge is 2.18. The van der Waals surface area contributed by atoms with Crippen molar-refractivity contribution in [2.24, 2.45) is 12.8 Å². The number of nitrogens with one attached hydrogen (secondary N) is 1. The monoisotopic (exact) mass is 404 g/mol. The molecule has 6 nitrogen and oxygen atoms in total. The smallest absolute Gasteiger partial charge is 0.265 e. The Morgan fingerprint density at radius 1 is 1.13 bits per heavy atom. The molecule has 0 atom stereocenters. The van der Waals surface area contributed by atoms with E-state index in [2.05, 4.69) is 28.2 Å². The Bertz CT molecular complexity index is 1140. The van der Waals surface area contributed by atoms with Gasteiger partial charge in [0.15, 0.2) is 0 Å². The van der Waals surface area contributed by atoms with Crippen molar-refractivity contribution in [3.05, 3.63) is 60.0 Å². The van der Waals surface area contributed by atoms with E-state index in [0.717, 1.165) is 22.2 Å². The molecule has 2 aromatic heterocycles.